The number of sulfonamides is 1. The van der Waals surface area contributed by atoms with Crippen LogP contribution in [0.1, 0.15) is 24.5 Å². The highest BCUT2D eigenvalue weighted by molar-refractivity contribution is 7.89. The lowest BCUT2D eigenvalue weighted by atomic mass is 9.96. The van der Waals surface area contributed by atoms with Gasteiger partial charge in [-0.2, -0.15) is 0 Å². The van der Waals surface area contributed by atoms with Gasteiger partial charge in [0.05, 0.1) is 4.90 Å². The van der Waals surface area contributed by atoms with Crippen LogP contribution in [0.15, 0.2) is 23.1 Å². The lowest BCUT2D eigenvalue weighted by molar-refractivity contribution is 0.499. The fourth-order valence-electron chi connectivity index (χ4n) is 2.06. The van der Waals surface area contributed by atoms with E-state index in [1.807, 2.05) is 19.1 Å². The quantitative estimate of drug-likeness (QED) is 0.813. The van der Waals surface area contributed by atoms with Crippen LogP contribution in [0.25, 0.3) is 0 Å². The second-order valence-corrected chi connectivity index (χ2v) is 6.18. The second-order valence-electron chi connectivity index (χ2n) is 4.44. The van der Waals surface area contributed by atoms with E-state index in [1.165, 1.54) is 0 Å². The van der Waals surface area contributed by atoms with Crippen molar-refractivity contribution < 1.29 is 8.42 Å². The zero-order chi connectivity index (χ0) is 11.8. The summed E-state index contributed by atoms with van der Waals surface area (Å²) in [5.74, 6) is 0.402. The highest BCUT2D eigenvalue weighted by atomic mass is 32.2. The summed E-state index contributed by atoms with van der Waals surface area (Å²) in [6.07, 6.45) is 1.84. The molecule has 0 unspecified atom stereocenters. The van der Waals surface area contributed by atoms with Crippen molar-refractivity contribution in [3.63, 3.8) is 0 Å². The van der Waals surface area contributed by atoms with Crippen molar-refractivity contribution in [1.29, 1.82) is 0 Å². The predicted octanol–water partition coefficient (Wildman–Crippen LogP) is 1.86. The third kappa shape index (κ3) is 2.13. The van der Waals surface area contributed by atoms with Gasteiger partial charge in [0.15, 0.2) is 0 Å². The number of rotatable bonds is 1. The van der Waals surface area contributed by atoms with Crippen LogP contribution in [-0.4, -0.2) is 15.0 Å². The maximum Gasteiger partial charge on any atom is 0.240 e. The van der Waals surface area contributed by atoms with Gasteiger partial charge in [0.25, 0.3) is 0 Å². The first-order valence-corrected chi connectivity index (χ1v) is 7.10. The van der Waals surface area contributed by atoms with E-state index in [0.29, 0.717) is 17.4 Å². The Kier molecular flexibility index (Phi) is 3.04. The molecule has 1 aromatic carbocycles. The number of benzene rings is 1. The Hall–Kier alpha value is -0.870. The molecule has 0 amide bonds. The molecule has 1 heterocycles. The molecule has 0 saturated heterocycles. The standard InChI is InChI=1S/C12H17NO2S/c1-3-10-7-11-5-4-9(2)6-12(11)16(14,15)13-8-10/h4-6,10,13H,3,7-8H2,1-2H3/t10-/m1/s1. The topological polar surface area (TPSA) is 46.2 Å². The number of hydrogen-bond acceptors (Lipinski definition) is 2. The van der Waals surface area contributed by atoms with Crippen molar-refractivity contribution in [3.8, 4) is 0 Å². The summed E-state index contributed by atoms with van der Waals surface area (Å²) in [6.45, 7) is 4.56. The molecule has 0 aromatic heterocycles. The van der Waals surface area contributed by atoms with Crippen LogP contribution in [0.3, 0.4) is 0 Å². The molecular formula is C12H17NO2S. The van der Waals surface area contributed by atoms with Crippen LogP contribution in [-0.2, 0) is 16.4 Å². The van der Waals surface area contributed by atoms with E-state index >= 15 is 0 Å². The lowest BCUT2D eigenvalue weighted by Crippen LogP contribution is -2.26. The van der Waals surface area contributed by atoms with Gasteiger partial charge in [-0.15, -0.1) is 0 Å². The molecule has 1 aromatic rings. The molecule has 1 aliphatic heterocycles. The zero-order valence-electron chi connectivity index (χ0n) is 9.66. The monoisotopic (exact) mass is 239 g/mol. The number of aryl methyl sites for hydroxylation is 1. The summed E-state index contributed by atoms with van der Waals surface area (Å²) in [5, 5.41) is 0. The van der Waals surface area contributed by atoms with Crippen molar-refractivity contribution in [2.45, 2.75) is 31.6 Å². The third-order valence-electron chi connectivity index (χ3n) is 3.16. The molecule has 0 radical (unpaired) electrons. The van der Waals surface area contributed by atoms with E-state index in [4.69, 9.17) is 0 Å². The molecule has 0 saturated carbocycles. The van der Waals surface area contributed by atoms with Crippen LogP contribution >= 0.6 is 0 Å². The van der Waals surface area contributed by atoms with Gasteiger partial charge in [-0.3, -0.25) is 0 Å². The SMILES string of the molecule is CC[C@H]1CNS(=O)(=O)c2cc(C)ccc2C1. The van der Waals surface area contributed by atoms with Crippen molar-refractivity contribution in [3.05, 3.63) is 29.3 Å². The van der Waals surface area contributed by atoms with Crippen molar-refractivity contribution in [1.82, 2.24) is 4.72 Å². The minimum Gasteiger partial charge on any atom is -0.211 e. The third-order valence-corrected chi connectivity index (χ3v) is 4.67. The van der Waals surface area contributed by atoms with Gasteiger partial charge >= 0.3 is 0 Å². The molecule has 16 heavy (non-hydrogen) atoms. The summed E-state index contributed by atoms with van der Waals surface area (Å²) in [6, 6.07) is 5.68. The van der Waals surface area contributed by atoms with Gasteiger partial charge in [0.2, 0.25) is 10.0 Å². The minimum atomic E-state index is -3.29. The minimum absolute atomic E-state index is 0.402. The van der Waals surface area contributed by atoms with Crippen LogP contribution in [0, 0.1) is 12.8 Å². The number of hydrogen-bond donors (Lipinski definition) is 1. The number of fused-ring (bicyclic) bond motifs is 1. The summed E-state index contributed by atoms with van der Waals surface area (Å²) in [5.41, 5.74) is 1.93. The van der Waals surface area contributed by atoms with Gasteiger partial charge in [-0.05, 0) is 36.5 Å². The van der Waals surface area contributed by atoms with Crippen LogP contribution in [0.2, 0.25) is 0 Å². The summed E-state index contributed by atoms with van der Waals surface area (Å²) in [4.78, 5) is 0.462. The van der Waals surface area contributed by atoms with Crippen LogP contribution in [0.4, 0.5) is 0 Å². The fraction of sp³-hybridized carbons (Fsp3) is 0.500. The Morgan fingerprint density at radius 1 is 1.44 bits per heavy atom. The molecule has 0 aliphatic carbocycles. The van der Waals surface area contributed by atoms with Gasteiger partial charge in [0.1, 0.15) is 0 Å². The molecule has 1 atom stereocenters. The largest absolute Gasteiger partial charge is 0.240 e. The average molecular weight is 239 g/mol. The molecule has 3 nitrogen and oxygen atoms in total. The Bertz CT molecular complexity index is 494. The molecule has 0 fully saturated rings. The van der Waals surface area contributed by atoms with Gasteiger partial charge in [-0.25, -0.2) is 13.1 Å². The summed E-state index contributed by atoms with van der Waals surface area (Å²) >= 11 is 0. The van der Waals surface area contributed by atoms with E-state index in [0.717, 1.165) is 24.0 Å². The lowest BCUT2D eigenvalue weighted by Gasteiger charge is -2.10. The fourth-order valence-corrected chi connectivity index (χ4v) is 3.51. The van der Waals surface area contributed by atoms with E-state index in [9.17, 15) is 8.42 Å². The van der Waals surface area contributed by atoms with Gasteiger partial charge < -0.3 is 0 Å². The first kappa shape index (κ1) is 11.6. The van der Waals surface area contributed by atoms with Crippen molar-refractivity contribution >= 4 is 10.0 Å². The van der Waals surface area contributed by atoms with Gasteiger partial charge in [-0.1, -0.05) is 25.5 Å². The highest BCUT2D eigenvalue weighted by Gasteiger charge is 2.25. The average Bonchev–Trinajstić information content (AvgIpc) is 2.37. The maximum atomic E-state index is 12.0. The molecule has 2 rings (SSSR count). The Morgan fingerprint density at radius 3 is 2.88 bits per heavy atom. The first-order valence-electron chi connectivity index (χ1n) is 5.62. The maximum absolute atomic E-state index is 12.0. The molecule has 4 heteroatoms. The van der Waals surface area contributed by atoms with Gasteiger partial charge in [0, 0.05) is 6.54 Å². The second kappa shape index (κ2) is 4.18. The summed E-state index contributed by atoms with van der Waals surface area (Å²) < 4.78 is 26.7. The highest BCUT2D eigenvalue weighted by Crippen LogP contribution is 2.24. The van der Waals surface area contributed by atoms with Crippen molar-refractivity contribution in [2.75, 3.05) is 6.54 Å². The first-order chi connectivity index (χ1) is 7.53. The van der Waals surface area contributed by atoms with Crippen LogP contribution < -0.4 is 4.72 Å². The normalized spacial score (nSPS) is 23.5. The summed E-state index contributed by atoms with van der Waals surface area (Å²) in [7, 11) is -3.29. The molecule has 1 aliphatic rings. The Balaban J connectivity index is 2.54. The van der Waals surface area contributed by atoms with E-state index in [-0.39, 0.29) is 0 Å². The zero-order valence-corrected chi connectivity index (χ0v) is 10.5. The van der Waals surface area contributed by atoms with Crippen molar-refractivity contribution in [2.24, 2.45) is 5.92 Å². The number of nitrogens with one attached hydrogen (secondary N) is 1. The smallest absolute Gasteiger partial charge is 0.211 e. The molecule has 1 N–H and O–H groups in total. The van der Waals surface area contributed by atoms with E-state index < -0.39 is 10.0 Å². The molecule has 0 bridgehead atoms. The predicted molar refractivity (Wildman–Crippen MR) is 63.9 cm³/mol. The molecule has 88 valence electrons. The molecule has 0 spiro atoms. The Labute approximate surface area is 96.9 Å². The van der Waals surface area contributed by atoms with E-state index in [2.05, 4.69) is 11.6 Å². The molecular weight excluding hydrogens is 222 g/mol. The van der Waals surface area contributed by atoms with Crippen LogP contribution in [0.5, 0.6) is 0 Å². The Morgan fingerprint density at radius 2 is 2.19 bits per heavy atom. The van der Waals surface area contributed by atoms with E-state index in [1.54, 1.807) is 6.07 Å².